The van der Waals surface area contributed by atoms with Crippen LogP contribution in [0.4, 0.5) is 0 Å². The van der Waals surface area contributed by atoms with Crippen molar-refractivity contribution < 1.29 is 0 Å². The third-order valence-corrected chi connectivity index (χ3v) is 2.14. The summed E-state index contributed by atoms with van der Waals surface area (Å²) in [7, 11) is 0. The van der Waals surface area contributed by atoms with Crippen molar-refractivity contribution in [2.75, 3.05) is 13.1 Å². The lowest BCUT2D eigenvalue weighted by molar-refractivity contribution is 0.520. The van der Waals surface area contributed by atoms with Crippen molar-refractivity contribution >= 4 is 0 Å². The summed E-state index contributed by atoms with van der Waals surface area (Å²) >= 11 is 0. The monoisotopic (exact) mass is 193 g/mol. The summed E-state index contributed by atoms with van der Waals surface area (Å²) in [6, 6.07) is 1.82. The Hall–Kier alpha value is -0.960. The van der Waals surface area contributed by atoms with Crippen molar-refractivity contribution in [3.8, 4) is 0 Å². The molecule has 2 rings (SSSR count). The minimum absolute atomic E-state index is 0.910. The maximum Gasteiger partial charge on any atom is 0.127 e. The molecule has 1 aliphatic rings. The first-order valence-corrected chi connectivity index (χ1v) is 5.40. The number of hydrogen-bond acceptors (Lipinski definition) is 3. The molecule has 3 heteroatoms. The van der Waals surface area contributed by atoms with Crippen molar-refractivity contribution in [2.24, 2.45) is 0 Å². The Balaban J connectivity index is 0.000000146. The van der Waals surface area contributed by atoms with Crippen LogP contribution >= 0.6 is 0 Å². The molecule has 1 fully saturated rings. The number of aromatic nitrogens is 2. The van der Waals surface area contributed by atoms with Crippen LogP contribution in [-0.2, 0) is 6.42 Å². The second-order valence-corrected chi connectivity index (χ2v) is 3.33. The fraction of sp³-hybridized carbons (Fsp3) is 0.636. The summed E-state index contributed by atoms with van der Waals surface area (Å²) in [4.78, 5) is 7.97. The molecule has 0 saturated carbocycles. The Morgan fingerprint density at radius 3 is 2.07 bits per heavy atom. The molecule has 1 aromatic heterocycles. The van der Waals surface area contributed by atoms with Gasteiger partial charge in [-0.05, 0) is 32.0 Å². The molecule has 1 aromatic rings. The molecule has 0 aliphatic carbocycles. The van der Waals surface area contributed by atoms with Crippen LogP contribution < -0.4 is 5.32 Å². The minimum Gasteiger partial charge on any atom is -0.317 e. The van der Waals surface area contributed by atoms with Crippen LogP contribution in [0.2, 0.25) is 0 Å². The number of aryl methyl sites for hydroxylation is 1. The van der Waals surface area contributed by atoms with E-state index in [-0.39, 0.29) is 0 Å². The van der Waals surface area contributed by atoms with Gasteiger partial charge in [-0.2, -0.15) is 0 Å². The Morgan fingerprint density at radius 1 is 1.14 bits per heavy atom. The number of rotatable bonds is 1. The molecule has 14 heavy (non-hydrogen) atoms. The maximum atomic E-state index is 3.99. The van der Waals surface area contributed by atoms with Gasteiger partial charge in [0.05, 0.1) is 0 Å². The molecule has 0 aromatic carbocycles. The van der Waals surface area contributed by atoms with Gasteiger partial charge in [0.2, 0.25) is 0 Å². The topological polar surface area (TPSA) is 37.8 Å². The Bertz CT molecular complexity index is 208. The maximum absolute atomic E-state index is 3.99. The van der Waals surface area contributed by atoms with E-state index in [4.69, 9.17) is 0 Å². The highest BCUT2D eigenvalue weighted by molar-refractivity contribution is 4.86. The zero-order valence-corrected chi connectivity index (χ0v) is 8.87. The number of nitrogens with one attached hydrogen (secondary N) is 1. The summed E-state index contributed by atoms with van der Waals surface area (Å²) in [5, 5.41) is 3.28. The SMILES string of the molecule is C1CCNCC1.CCc1ncccn1. The van der Waals surface area contributed by atoms with Crippen LogP contribution in [0, 0.1) is 0 Å². The van der Waals surface area contributed by atoms with E-state index in [1.807, 2.05) is 13.0 Å². The second kappa shape index (κ2) is 7.44. The van der Waals surface area contributed by atoms with Gasteiger partial charge in [-0.1, -0.05) is 13.3 Å². The molecule has 3 nitrogen and oxygen atoms in total. The Kier molecular flexibility index (Phi) is 5.91. The van der Waals surface area contributed by atoms with Gasteiger partial charge in [0, 0.05) is 18.8 Å². The number of nitrogens with zero attached hydrogens (tertiary/aromatic N) is 2. The van der Waals surface area contributed by atoms with Crippen molar-refractivity contribution in [1.82, 2.24) is 15.3 Å². The third kappa shape index (κ3) is 4.92. The van der Waals surface area contributed by atoms with E-state index in [0.717, 1.165) is 12.2 Å². The van der Waals surface area contributed by atoms with Gasteiger partial charge >= 0.3 is 0 Å². The van der Waals surface area contributed by atoms with Gasteiger partial charge in [-0.15, -0.1) is 0 Å². The fourth-order valence-corrected chi connectivity index (χ4v) is 1.31. The zero-order chi connectivity index (χ0) is 10.1. The molecular weight excluding hydrogens is 174 g/mol. The van der Waals surface area contributed by atoms with E-state index in [1.54, 1.807) is 12.4 Å². The van der Waals surface area contributed by atoms with Gasteiger partial charge in [-0.3, -0.25) is 0 Å². The third-order valence-electron chi connectivity index (χ3n) is 2.14. The summed E-state index contributed by atoms with van der Waals surface area (Å²) in [6.45, 7) is 4.54. The highest BCUT2D eigenvalue weighted by atomic mass is 14.9. The minimum atomic E-state index is 0.910. The lowest BCUT2D eigenvalue weighted by Gasteiger charge is -2.08. The average molecular weight is 193 g/mol. The normalized spacial score (nSPS) is 15.5. The van der Waals surface area contributed by atoms with Crippen molar-refractivity contribution in [1.29, 1.82) is 0 Å². The molecule has 1 N–H and O–H groups in total. The highest BCUT2D eigenvalue weighted by Crippen LogP contribution is 1.96. The summed E-state index contributed by atoms with van der Waals surface area (Å²) in [5.74, 6) is 0.910. The van der Waals surface area contributed by atoms with E-state index in [1.165, 1.54) is 32.4 Å². The van der Waals surface area contributed by atoms with Crippen molar-refractivity contribution in [3.05, 3.63) is 24.3 Å². The first-order chi connectivity index (χ1) is 6.93. The van der Waals surface area contributed by atoms with Crippen molar-refractivity contribution in [2.45, 2.75) is 32.6 Å². The van der Waals surface area contributed by atoms with Crippen LogP contribution in [0.5, 0.6) is 0 Å². The molecule has 0 bridgehead atoms. The van der Waals surface area contributed by atoms with E-state index in [0.29, 0.717) is 0 Å². The van der Waals surface area contributed by atoms with E-state index < -0.39 is 0 Å². The largest absolute Gasteiger partial charge is 0.317 e. The van der Waals surface area contributed by atoms with E-state index in [9.17, 15) is 0 Å². The van der Waals surface area contributed by atoms with Gasteiger partial charge in [0.15, 0.2) is 0 Å². The predicted octanol–water partition coefficient (Wildman–Crippen LogP) is 1.80. The Labute approximate surface area is 86.0 Å². The molecule has 0 spiro atoms. The van der Waals surface area contributed by atoms with Crippen LogP contribution in [0.1, 0.15) is 32.0 Å². The molecule has 0 unspecified atom stereocenters. The molecular formula is C11H19N3. The number of piperidine rings is 1. The first kappa shape index (κ1) is 11.1. The van der Waals surface area contributed by atoms with Crippen LogP contribution in [0.15, 0.2) is 18.5 Å². The lowest BCUT2D eigenvalue weighted by atomic mass is 10.2. The van der Waals surface area contributed by atoms with Crippen LogP contribution in [-0.4, -0.2) is 23.1 Å². The molecule has 0 radical (unpaired) electrons. The molecule has 0 atom stereocenters. The first-order valence-electron chi connectivity index (χ1n) is 5.40. The van der Waals surface area contributed by atoms with Gasteiger partial charge < -0.3 is 5.32 Å². The zero-order valence-electron chi connectivity index (χ0n) is 8.87. The van der Waals surface area contributed by atoms with Gasteiger partial charge in [0.1, 0.15) is 5.82 Å². The molecule has 0 amide bonds. The molecule has 1 saturated heterocycles. The van der Waals surface area contributed by atoms with Gasteiger partial charge in [0.25, 0.3) is 0 Å². The van der Waals surface area contributed by atoms with Crippen LogP contribution in [0.3, 0.4) is 0 Å². The molecule has 2 heterocycles. The summed E-state index contributed by atoms with van der Waals surface area (Å²) in [5.41, 5.74) is 0. The standard InChI is InChI=1S/C6H8N2.C5H11N/c1-2-6-7-4-3-5-8-6;1-2-4-6-5-3-1/h3-5H,2H2,1H3;6H,1-5H2. The predicted molar refractivity (Wildman–Crippen MR) is 58.1 cm³/mol. The molecule has 78 valence electrons. The smallest absolute Gasteiger partial charge is 0.127 e. The lowest BCUT2D eigenvalue weighted by Crippen LogP contribution is -2.21. The van der Waals surface area contributed by atoms with E-state index >= 15 is 0 Å². The Morgan fingerprint density at radius 2 is 1.79 bits per heavy atom. The van der Waals surface area contributed by atoms with Gasteiger partial charge in [-0.25, -0.2) is 9.97 Å². The quantitative estimate of drug-likeness (QED) is 0.739. The van der Waals surface area contributed by atoms with Crippen LogP contribution in [0.25, 0.3) is 0 Å². The fourth-order valence-electron chi connectivity index (χ4n) is 1.31. The summed E-state index contributed by atoms with van der Waals surface area (Å²) in [6.07, 6.45) is 8.64. The van der Waals surface area contributed by atoms with E-state index in [2.05, 4.69) is 15.3 Å². The highest BCUT2D eigenvalue weighted by Gasteiger charge is 1.93. The number of hydrogen-bond donors (Lipinski definition) is 1. The summed E-state index contributed by atoms with van der Waals surface area (Å²) < 4.78 is 0. The average Bonchev–Trinajstić information content (AvgIpc) is 2.33. The molecule has 1 aliphatic heterocycles. The van der Waals surface area contributed by atoms with Crippen molar-refractivity contribution in [3.63, 3.8) is 0 Å². The second-order valence-electron chi connectivity index (χ2n) is 3.33.